The Hall–Kier alpha value is -1.72. The van der Waals surface area contributed by atoms with E-state index in [-0.39, 0.29) is 13.2 Å². The maximum Gasteiger partial charge on any atom is 0.383 e. The highest BCUT2D eigenvalue weighted by Crippen LogP contribution is 2.01. The molecule has 0 amide bonds. The largest absolute Gasteiger partial charge is 0.460 e. The van der Waals surface area contributed by atoms with Crippen LogP contribution in [0.1, 0.15) is 40.5 Å². The third kappa shape index (κ3) is 7.66. The van der Waals surface area contributed by atoms with Gasteiger partial charge >= 0.3 is 23.5 Å². The molecule has 0 rings (SSSR count). The molecule has 0 aromatic rings. The van der Waals surface area contributed by atoms with E-state index in [1.807, 2.05) is 27.7 Å². The van der Waals surface area contributed by atoms with Crippen LogP contribution in [0, 0.1) is 11.8 Å². The Bertz CT molecular complexity index is 334. The Kier molecular flexibility index (Phi) is 8.43. The van der Waals surface area contributed by atoms with Gasteiger partial charge < -0.3 is 9.47 Å². The van der Waals surface area contributed by atoms with E-state index in [0.29, 0.717) is 24.7 Å². The Labute approximate surface area is 118 Å². The average molecular weight is 286 g/mol. The third-order valence-electron chi connectivity index (χ3n) is 2.43. The number of ether oxygens (including phenoxy) is 2. The highest BCUT2D eigenvalue weighted by atomic mass is 16.5. The van der Waals surface area contributed by atoms with Gasteiger partial charge in [0.2, 0.25) is 0 Å². The quantitative estimate of drug-likeness (QED) is 0.361. The van der Waals surface area contributed by atoms with E-state index in [1.54, 1.807) is 0 Å². The molecule has 0 aliphatic heterocycles. The van der Waals surface area contributed by atoms with Crippen LogP contribution in [0.3, 0.4) is 0 Å². The molecule has 0 aliphatic carbocycles. The summed E-state index contributed by atoms with van der Waals surface area (Å²) in [7, 11) is 0. The first-order chi connectivity index (χ1) is 9.25. The standard InChI is InChI=1S/C14H22O6/c1-9(2)5-7-19-13(17)11(15)12(16)14(18)20-8-6-10(3)4/h9-10H,5-8H2,1-4H3. The molecule has 0 unspecified atom stereocenters. The van der Waals surface area contributed by atoms with Gasteiger partial charge in [0.25, 0.3) is 0 Å². The SMILES string of the molecule is CC(C)CCOC(=O)C(=O)C(=O)C(=O)OCCC(C)C. The summed E-state index contributed by atoms with van der Waals surface area (Å²) in [5.74, 6) is -4.98. The maximum absolute atomic E-state index is 11.3. The fourth-order valence-corrected chi connectivity index (χ4v) is 1.09. The van der Waals surface area contributed by atoms with Gasteiger partial charge in [0.1, 0.15) is 0 Å². The van der Waals surface area contributed by atoms with Crippen LogP contribution in [-0.4, -0.2) is 36.7 Å². The Balaban J connectivity index is 4.15. The van der Waals surface area contributed by atoms with Crippen LogP contribution in [0.15, 0.2) is 0 Å². The lowest BCUT2D eigenvalue weighted by Gasteiger charge is -2.06. The monoisotopic (exact) mass is 286 g/mol. The summed E-state index contributed by atoms with van der Waals surface area (Å²) in [6.07, 6.45) is 1.15. The number of carbonyl (C=O) groups is 4. The number of carbonyl (C=O) groups excluding carboxylic acids is 4. The van der Waals surface area contributed by atoms with Gasteiger partial charge in [0.05, 0.1) is 13.2 Å². The number of ketones is 2. The topological polar surface area (TPSA) is 86.7 Å². The zero-order chi connectivity index (χ0) is 15.7. The molecule has 6 nitrogen and oxygen atoms in total. The van der Waals surface area contributed by atoms with Crippen LogP contribution in [0.5, 0.6) is 0 Å². The van der Waals surface area contributed by atoms with Crippen molar-refractivity contribution in [1.82, 2.24) is 0 Å². The minimum atomic E-state index is -1.48. The Morgan fingerprint density at radius 2 is 1.00 bits per heavy atom. The molecular formula is C14H22O6. The van der Waals surface area contributed by atoms with E-state index in [4.69, 9.17) is 0 Å². The van der Waals surface area contributed by atoms with Crippen LogP contribution < -0.4 is 0 Å². The van der Waals surface area contributed by atoms with Crippen LogP contribution in [0.25, 0.3) is 0 Å². The van der Waals surface area contributed by atoms with E-state index < -0.39 is 23.5 Å². The lowest BCUT2D eigenvalue weighted by atomic mass is 10.1. The van der Waals surface area contributed by atoms with Gasteiger partial charge in [0.15, 0.2) is 0 Å². The minimum absolute atomic E-state index is 0.0396. The molecular weight excluding hydrogens is 264 g/mol. The first-order valence-corrected chi connectivity index (χ1v) is 6.68. The van der Waals surface area contributed by atoms with Crippen molar-refractivity contribution >= 4 is 23.5 Å². The van der Waals surface area contributed by atoms with Crippen LogP contribution in [0.2, 0.25) is 0 Å². The molecule has 0 N–H and O–H groups in total. The first-order valence-electron chi connectivity index (χ1n) is 6.68. The van der Waals surface area contributed by atoms with Crippen LogP contribution in [0.4, 0.5) is 0 Å². The molecule has 0 aliphatic rings. The van der Waals surface area contributed by atoms with Crippen LogP contribution in [-0.2, 0) is 28.7 Å². The van der Waals surface area contributed by atoms with Crippen molar-refractivity contribution in [2.24, 2.45) is 11.8 Å². The third-order valence-corrected chi connectivity index (χ3v) is 2.43. The lowest BCUT2D eigenvalue weighted by Crippen LogP contribution is -2.33. The first kappa shape index (κ1) is 18.3. The molecule has 0 fully saturated rings. The molecule has 114 valence electrons. The van der Waals surface area contributed by atoms with Crippen molar-refractivity contribution in [2.75, 3.05) is 13.2 Å². The van der Waals surface area contributed by atoms with E-state index in [9.17, 15) is 19.2 Å². The molecule has 0 aromatic carbocycles. The summed E-state index contributed by atoms with van der Waals surface area (Å²) >= 11 is 0. The number of esters is 2. The van der Waals surface area contributed by atoms with E-state index in [1.165, 1.54) is 0 Å². The highest BCUT2D eigenvalue weighted by molar-refractivity contribution is 6.76. The molecule has 0 heterocycles. The van der Waals surface area contributed by atoms with E-state index in [0.717, 1.165) is 0 Å². The van der Waals surface area contributed by atoms with Crippen molar-refractivity contribution < 1.29 is 28.7 Å². The lowest BCUT2D eigenvalue weighted by molar-refractivity contribution is -0.163. The van der Waals surface area contributed by atoms with Gasteiger partial charge in [-0.15, -0.1) is 0 Å². The van der Waals surface area contributed by atoms with Crippen molar-refractivity contribution in [1.29, 1.82) is 0 Å². The second-order valence-corrected chi connectivity index (χ2v) is 5.30. The van der Waals surface area contributed by atoms with Gasteiger partial charge in [0, 0.05) is 0 Å². The predicted octanol–water partition coefficient (Wildman–Crippen LogP) is 1.30. The molecule has 0 saturated carbocycles. The molecule has 0 atom stereocenters. The summed E-state index contributed by atoms with van der Waals surface area (Å²) in [4.78, 5) is 45.2. The van der Waals surface area contributed by atoms with E-state index >= 15 is 0 Å². The summed E-state index contributed by atoms with van der Waals surface area (Å²) < 4.78 is 9.22. The Morgan fingerprint density at radius 1 is 0.700 bits per heavy atom. The van der Waals surface area contributed by atoms with Crippen LogP contribution >= 0.6 is 0 Å². The van der Waals surface area contributed by atoms with Gasteiger partial charge in [-0.25, -0.2) is 9.59 Å². The van der Waals surface area contributed by atoms with Gasteiger partial charge in [-0.2, -0.15) is 0 Å². The normalized spacial score (nSPS) is 10.5. The van der Waals surface area contributed by atoms with Gasteiger partial charge in [-0.3, -0.25) is 9.59 Å². The number of hydrogen-bond acceptors (Lipinski definition) is 6. The van der Waals surface area contributed by atoms with Crippen molar-refractivity contribution in [2.45, 2.75) is 40.5 Å². The molecule has 0 saturated heterocycles. The fourth-order valence-electron chi connectivity index (χ4n) is 1.09. The molecule has 0 spiro atoms. The zero-order valence-corrected chi connectivity index (χ0v) is 12.4. The summed E-state index contributed by atoms with van der Waals surface area (Å²) in [5.41, 5.74) is 0. The Morgan fingerprint density at radius 3 is 1.25 bits per heavy atom. The average Bonchev–Trinajstić information content (AvgIpc) is 2.35. The summed E-state index contributed by atoms with van der Waals surface area (Å²) in [6.45, 7) is 7.77. The second kappa shape index (κ2) is 9.23. The maximum atomic E-state index is 11.3. The van der Waals surface area contributed by atoms with Gasteiger partial charge in [-0.05, 0) is 24.7 Å². The fraction of sp³-hybridized carbons (Fsp3) is 0.714. The van der Waals surface area contributed by atoms with Crippen molar-refractivity contribution in [3.8, 4) is 0 Å². The molecule has 0 radical (unpaired) electrons. The molecule has 0 bridgehead atoms. The number of rotatable bonds is 9. The zero-order valence-electron chi connectivity index (χ0n) is 12.4. The smallest absolute Gasteiger partial charge is 0.383 e. The van der Waals surface area contributed by atoms with Crippen molar-refractivity contribution in [3.05, 3.63) is 0 Å². The molecule has 20 heavy (non-hydrogen) atoms. The highest BCUT2D eigenvalue weighted by Gasteiger charge is 2.31. The molecule has 6 heteroatoms. The summed E-state index contributed by atoms with van der Waals surface area (Å²) in [6, 6.07) is 0. The van der Waals surface area contributed by atoms with E-state index in [2.05, 4.69) is 9.47 Å². The predicted molar refractivity (Wildman–Crippen MR) is 70.8 cm³/mol. The minimum Gasteiger partial charge on any atom is -0.460 e. The number of Topliss-reactive ketones (excluding diaryl/α,β-unsaturated/α-hetero) is 2. The van der Waals surface area contributed by atoms with Crippen molar-refractivity contribution in [3.63, 3.8) is 0 Å². The summed E-state index contributed by atoms with van der Waals surface area (Å²) in [5, 5.41) is 0. The number of hydrogen-bond donors (Lipinski definition) is 0. The van der Waals surface area contributed by atoms with Gasteiger partial charge in [-0.1, -0.05) is 27.7 Å². The second-order valence-electron chi connectivity index (χ2n) is 5.30. The molecule has 0 aromatic heterocycles.